The zero-order valence-corrected chi connectivity index (χ0v) is 19.4. The Morgan fingerprint density at radius 1 is 1.19 bits per heavy atom. The Kier molecular flexibility index (Phi) is 7.79. The number of halogens is 1. The van der Waals surface area contributed by atoms with E-state index in [1.165, 1.54) is 0 Å². The molecule has 0 aliphatic carbocycles. The molecule has 6 nitrogen and oxygen atoms in total. The van der Waals surface area contributed by atoms with Crippen molar-refractivity contribution in [2.75, 3.05) is 39.4 Å². The van der Waals surface area contributed by atoms with Crippen LogP contribution >= 0.6 is 11.6 Å². The number of imidazole rings is 1. The van der Waals surface area contributed by atoms with Crippen LogP contribution in [0, 0.1) is 0 Å². The third-order valence-corrected chi connectivity index (χ3v) is 6.16. The smallest absolute Gasteiger partial charge is 0.243 e. The van der Waals surface area contributed by atoms with Gasteiger partial charge in [-0.15, -0.1) is 0 Å². The lowest BCUT2D eigenvalue weighted by molar-refractivity contribution is -0.124. The van der Waals surface area contributed by atoms with Gasteiger partial charge in [-0.1, -0.05) is 49.2 Å². The lowest BCUT2D eigenvalue weighted by Gasteiger charge is -2.27. The van der Waals surface area contributed by atoms with E-state index in [4.69, 9.17) is 21.3 Å². The van der Waals surface area contributed by atoms with E-state index in [1.54, 1.807) is 0 Å². The number of rotatable bonds is 9. The summed E-state index contributed by atoms with van der Waals surface area (Å²) in [6.07, 6.45) is 2.29. The van der Waals surface area contributed by atoms with Crippen molar-refractivity contribution in [3.63, 3.8) is 0 Å². The van der Waals surface area contributed by atoms with Gasteiger partial charge >= 0.3 is 0 Å². The van der Waals surface area contributed by atoms with Crippen molar-refractivity contribution in [3.8, 4) is 0 Å². The number of nitrogens with one attached hydrogen (secondary N) is 1. The minimum absolute atomic E-state index is 0.0515. The number of amides is 1. The Morgan fingerprint density at radius 2 is 2.00 bits per heavy atom. The fraction of sp³-hybridized carbons (Fsp3) is 0.440. The third-order valence-electron chi connectivity index (χ3n) is 5.93. The Bertz CT molecular complexity index is 1050. The van der Waals surface area contributed by atoms with E-state index in [9.17, 15) is 4.79 Å². The largest absolute Gasteiger partial charge is 0.379 e. The fourth-order valence-electron chi connectivity index (χ4n) is 4.33. The number of benzene rings is 2. The fourth-order valence-corrected chi connectivity index (χ4v) is 4.54. The van der Waals surface area contributed by atoms with Gasteiger partial charge in [0.05, 0.1) is 24.2 Å². The number of morpholine rings is 1. The second-order valence-corrected chi connectivity index (χ2v) is 8.68. The molecule has 0 bridgehead atoms. The molecule has 0 unspecified atom stereocenters. The van der Waals surface area contributed by atoms with Crippen molar-refractivity contribution in [1.29, 1.82) is 0 Å². The Hall–Kier alpha value is -2.41. The first kappa shape index (κ1) is 22.8. The van der Waals surface area contributed by atoms with Crippen LogP contribution in [-0.4, -0.2) is 59.8 Å². The van der Waals surface area contributed by atoms with E-state index in [0.717, 1.165) is 68.1 Å². The molecule has 1 fully saturated rings. The zero-order chi connectivity index (χ0) is 22.3. The average Bonchev–Trinajstić information content (AvgIpc) is 3.15. The summed E-state index contributed by atoms with van der Waals surface area (Å²) in [6, 6.07) is 15.6. The molecule has 7 heteroatoms. The van der Waals surface area contributed by atoms with Crippen molar-refractivity contribution < 1.29 is 9.53 Å². The van der Waals surface area contributed by atoms with Crippen molar-refractivity contribution in [2.24, 2.45) is 0 Å². The van der Waals surface area contributed by atoms with Gasteiger partial charge in [-0.3, -0.25) is 9.69 Å². The number of carbonyl (C=O) groups is 1. The molecule has 1 atom stereocenters. The van der Waals surface area contributed by atoms with Gasteiger partial charge in [0.1, 0.15) is 11.9 Å². The molecule has 2 aromatic carbocycles. The number of fused-ring (bicyclic) bond motifs is 1. The van der Waals surface area contributed by atoms with Crippen molar-refractivity contribution >= 4 is 28.5 Å². The summed E-state index contributed by atoms with van der Waals surface area (Å²) in [4.78, 5) is 20.6. The maximum atomic E-state index is 13.4. The van der Waals surface area contributed by atoms with Crippen LogP contribution in [0.15, 0.2) is 48.5 Å². The molecule has 0 radical (unpaired) electrons. The molecule has 1 aliphatic rings. The minimum Gasteiger partial charge on any atom is -0.379 e. The van der Waals surface area contributed by atoms with Gasteiger partial charge in [-0.05, 0) is 36.2 Å². The van der Waals surface area contributed by atoms with Gasteiger partial charge in [0.2, 0.25) is 5.91 Å². The van der Waals surface area contributed by atoms with Gasteiger partial charge in [0.25, 0.3) is 0 Å². The zero-order valence-electron chi connectivity index (χ0n) is 18.6. The predicted molar refractivity (Wildman–Crippen MR) is 128 cm³/mol. The number of hydrogen-bond donors (Lipinski definition) is 1. The first-order chi connectivity index (χ1) is 15.7. The summed E-state index contributed by atoms with van der Waals surface area (Å²) in [5.41, 5.74) is 2.98. The number of hydrogen-bond acceptors (Lipinski definition) is 4. The molecule has 1 aliphatic heterocycles. The number of aromatic nitrogens is 2. The SMILES string of the molecule is CCC[C@H](C(=O)NCCN1CCOCC1)n1c(Cc2cccc(Cl)c2)nc2ccccc21. The molecule has 2 heterocycles. The molecule has 0 spiro atoms. The monoisotopic (exact) mass is 454 g/mol. The van der Waals surface area contributed by atoms with Crippen LogP contribution in [-0.2, 0) is 16.0 Å². The van der Waals surface area contributed by atoms with Crippen LogP contribution in [0.4, 0.5) is 0 Å². The van der Waals surface area contributed by atoms with Gasteiger partial charge in [0.15, 0.2) is 0 Å². The summed E-state index contributed by atoms with van der Waals surface area (Å²) in [5, 5.41) is 3.88. The second-order valence-electron chi connectivity index (χ2n) is 8.24. The Balaban J connectivity index is 1.57. The standard InChI is InChI=1S/C25H31ClN4O2/c1-2-6-23(25(31)27-11-12-29-13-15-32-16-14-29)30-22-10-4-3-9-21(22)28-24(30)18-19-7-5-8-20(26)17-19/h3-5,7-10,17,23H,2,6,11-16,18H2,1H3,(H,27,31)/t23-/m1/s1. The highest BCUT2D eigenvalue weighted by atomic mass is 35.5. The molecule has 0 saturated carbocycles. The first-order valence-electron chi connectivity index (χ1n) is 11.4. The summed E-state index contributed by atoms with van der Waals surface area (Å²) >= 11 is 6.21. The molecular weight excluding hydrogens is 424 g/mol. The van der Waals surface area contributed by atoms with Crippen molar-refractivity contribution in [1.82, 2.24) is 19.8 Å². The Morgan fingerprint density at radius 3 is 2.78 bits per heavy atom. The van der Waals surface area contributed by atoms with Crippen molar-refractivity contribution in [3.05, 3.63) is 64.9 Å². The number of nitrogens with zero attached hydrogens (tertiary/aromatic N) is 3. The van der Waals surface area contributed by atoms with Crippen LogP contribution in [0.1, 0.15) is 37.2 Å². The molecule has 32 heavy (non-hydrogen) atoms. The van der Waals surface area contributed by atoms with E-state index in [2.05, 4.69) is 21.7 Å². The maximum Gasteiger partial charge on any atom is 0.243 e. The van der Waals surface area contributed by atoms with Gasteiger partial charge in [-0.25, -0.2) is 4.98 Å². The van der Waals surface area contributed by atoms with E-state index >= 15 is 0 Å². The number of ether oxygens (including phenoxy) is 1. The number of carbonyl (C=O) groups excluding carboxylic acids is 1. The quantitative estimate of drug-likeness (QED) is 0.529. The highest BCUT2D eigenvalue weighted by Crippen LogP contribution is 2.26. The van der Waals surface area contributed by atoms with E-state index in [-0.39, 0.29) is 11.9 Å². The molecule has 1 amide bonds. The summed E-state index contributed by atoms with van der Waals surface area (Å²) < 4.78 is 7.54. The minimum atomic E-state index is -0.300. The topological polar surface area (TPSA) is 59.4 Å². The Labute approximate surface area is 194 Å². The van der Waals surface area contributed by atoms with Crippen LogP contribution in [0.3, 0.4) is 0 Å². The van der Waals surface area contributed by atoms with Crippen LogP contribution in [0.5, 0.6) is 0 Å². The lowest BCUT2D eigenvalue weighted by atomic mass is 10.1. The van der Waals surface area contributed by atoms with E-state index in [1.807, 2.05) is 48.5 Å². The van der Waals surface area contributed by atoms with Crippen LogP contribution < -0.4 is 5.32 Å². The normalized spacial score (nSPS) is 15.7. The molecule has 1 aromatic heterocycles. The highest BCUT2D eigenvalue weighted by Gasteiger charge is 2.25. The summed E-state index contributed by atoms with van der Waals surface area (Å²) in [6.45, 7) is 6.96. The second kappa shape index (κ2) is 10.9. The van der Waals surface area contributed by atoms with Crippen molar-refractivity contribution in [2.45, 2.75) is 32.2 Å². The lowest BCUT2D eigenvalue weighted by Crippen LogP contribution is -2.42. The van der Waals surface area contributed by atoms with E-state index in [0.29, 0.717) is 18.0 Å². The molecule has 1 N–H and O–H groups in total. The summed E-state index contributed by atoms with van der Waals surface area (Å²) in [7, 11) is 0. The van der Waals surface area contributed by atoms with Gasteiger partial charge in [0, 0.05) is 37.6 Å². The highest BCUT2D eigenvalue weighted by molar-refractivity contribution is 6.30. The molecule has 3 aromatic rings. The predicted octanol–water partition coefficient (Wildman–Crippen LogP) is 4.07. The third kappa shape index (κ3) is 5.49. The van der Waals surface area contributed by atoms with Gasteiger partial charge < -0.3 is 14.6 Å². The molecule has 170 valence electrons. The summed E-state index contributed by atoms with van der Waals surface area (Å²) in [5.74, 6) is 0.936. The molecule has 1 saturated heterocycles. The molecule has 4 rings (SSSR count). The average molecular weight is 455 g/mol. The van der Waals surface area contributed by atoms with E-state index < -0.39 is 0 Å². The first-order valence-corrected chi connectivity index (χ1v) is 11.8. The van der Waals surface area contributed by atoms with Crippen LogP contribution in [0.2, 0.25) is 5.02 Å². The molecular formula is C25H31ClN4O2. The maximum absolute atomic E-state index is 13.4. The number of para-hydroxylation sites is 2. The van der Waals surface area contributed by atoms with Gasteiger partial charge in [-0.2, -0.15) is 0 Å². The van der Waals surface area contributed by atoms with Crippen LogP contribution in [0.25, 0.3) is 11.0 Å².